The molecule has 0 unspecified atom stereocenters. The van der Waals surface area contributed by atoms with Gasteiger partial charge in [-0.1, -0.05) is 18.2 Å². The Kier molecular flexibility index (Phi) is 7.18. The van der Waals surface area contributed by atoms with E-state index in [0.717, 1.165) is 11.8 Å². The number of nitrogens with two attached hydrogens (primary N) is 1. The van der Waals surface area contributed by atoms with Crippen LogP contribution in [0.5, 0.6) is 0 Å². The second-order valence-corrected chi connectivity index (χ2v) is 8.18. The maximum atomic E-state index is 14.2. The fourth-order valence-electron chi connectivity index (χ4n) is 2.64. The average Bonchev–Trinajstić information content (AvgIpc) is 2.75. The van der Waals surface area contributed by atoms with Crippen LogP contribution in [0.3, 0.4) is 0 Å². The molecule has 0 aliphatic heterocycles. The smallest absolute Gasteiger partial charge is 0.315 e. The van der Waals surface area contributed by atoms with Crippen LogP contribution in [-0.2, 0) is 16.6 Å². The predicted molar refractivity (Wildman–Crippen MR) is 119 cm³/mol. The first kappa shape index (κ1) is 22.9. The van der Waals surface area contributed by atoms with Gasteiger partial charge in [-0.05, 0) is 42.8 Å². The lowest BCUT2D eigenvalue weighted by Crippen LogP contribution is -2.34. The number of urea groups is 1. The molecule has 3 aromatic rings. The molecule has 1 heterocycles. The second kappa shape index (κ2) is 10.0. The van der Waals surface area contributed by atoms with Crippen molar-refractivity contribution in [3.05, 3.63) is 66.1 Å². The Balaban J connectivity index is 1.69. The van der Waals surface area contributed by atoms with E-state index in [-0.39, 0.29) is 22.7 Å². The van der Waals surface area contributed by atoms with Crippen LogP contribution in [-0.4, -0.2) is 31.0 Å². The summed E-state index contributed by atoms with van der Waals surface area (Å²) in [4.78, 5) is 19.4. The van der Waals surface area contributed by atoms with Crippen molar-refractivity contribution >= 4 is 39.2 Å². The number of nitrogens with zero attached hydrogens (tertiary/aromatic N) is 2. The van der Waals surface area contributed by atoms with E-state index in [2.05, 4.69) is 31.2 Å². The van der Waals surface area contributed by atoms with E-state index >= 15 is 0 Å². The van der Waals surface area contributed by atoms with Crippen molar-refractivity contribution in [1.82, 2.24) is 20.6 Å². The third kappa shape index (κ3) is 6.36. The van der Waals surface area contributed by atoms with E-state index < -0.39 is 15.8 Å². The highest BCUT2D eigenvalue weighted by Gasteiger charge is 2.11. The van der Waals surface area contributed by atoms with E-state index in [1.165, 1.54) is 18.2 Å². The number of amides is 2. The number of rotatable bonds is 8. The molecular weight excluding hydrogens is 437 g/mol. The molecule has 6 N–H and O–H groups in total. The Morgan fingerprint density at radius 1 is 1.06 bits per heavy atom. The van der Waals surface area contributed by atoms with Crippen molar-refractivity contribution in [2.75, 3.05) is 17.2 Å². The summed E-state index contributed by atoms with van der Waals surface area (Å²) in [5, 5.41) is 16.2. The Morgan fingerprint density at radius 3 is 2.50 bits per heavy atom. The molecule has 0 aliphatic rings. The molecule has 0 atom stereocenters. The average molecular weight is 460 g/mol. The lowest BCUT2D eigenvalue weighted by Gasteiger charge is -2.11. The van der Waals surface area contributed by atoms with E-state index in [1.54, 1.807) is 30.3 Å². The zero-order valence-corrected chi connectivity index (χ0v) is 17.9. The topological polar surface area (TPSA) is 151 Å². The monoisotopic (exact) mass is 459 g/mol. The molecule has 3 rings (SSSR count). The molecular formula is C20H22FN7O3S. The normalized spacial score (nSPS) is 11.0. The molecule has 12 heteroatoms. The summed E-state index contributed by atoms with van der Waals surface area (Å²) >= 11 is 0. The summed E-state index contributed by atoms with van der Waals surface area (Å²) in [6, 6.07) is 12.5. The van der Waals surface area contributed by atoms with Crippen LogP contribution in [0.1, 0.15) is 12.5 Å². The van der Waals surface area contributed by atoms with Crippen molar-refractivity contribution < 1.29 is 17.6 Å². The first-order valence-electron chi connectivity index (χ1n) is 9.54. The molecule has 168 valence electrons. The van der Waals surface area contributed by atoms with Crippen LogP contribution in [0.25, 0.3) is 0 Å². The Labute approximate surface area is 184 Å². The van der Waals surface area contributed by atoms with E-state index in [9.17, 15) is 17.6 Å². The van der Waals surface area contributed by atoms with Gasteiger partial charge in [0.1, 0.15) is 0 Å². The van der Waals surface area contributed by atoms with Crippen LogP contribution in [0, 0.1) is 5.82 Å². The van der Waals surface area contributed by atoms with Crippen molar-refractivity contribution in [2.45, 2.75) is 18.4 Å². The lowest BCUT2D eigenvalue weighted by atomic mass is 10.2. The number of nitrogens with one attached hydrogen (secondary N) is 4. The quantitative estimate of drug-likeness (QED) is 0.347. The summed E-state index contributed by atoms with van der Waals surface area (Å²) < 4.78 is 37.2. The van der Waals surface area contributed by atoms with Crippen LogP contribution in [0.4, 0.5) is 32.3 Å². The van der Waals surface area contributed by atoms with Gasteiger partial charge >= 0.3 is 6.03 Å². The highest BCUT2D eigenvalue weighted by Crippen LogP contribution is 2.22. The van der Waals surface area contributed by atoms with Crippen LogP contribution in [0.2, 0.25) is 0 Å². The number of hydrogen-bond donors (Lipinski definition) is 5. The summed E-state index contributed by atoms with van der Waals surface area (Å²) in [5.74, 6) is -0.683. The van der Waals surface area contributed by atoms with Gasteiger partial charge in [-0.3, -0.25) is 0 Å². The lowest BCUT2D eigenvalue weighted by molar-refractivity contribution is 0.241. The largest absolute Gasteiger partial charge is 0.338 e. The molecule has 10 nitrogen and oxygen atoms in total. The molecule has 32 heavy (non-hydrogen) atoms. The van der Waals surface area contributed by atoms with Gasteiger partial charge in [0.2, 0.25) is 16.0 Å². The van der Waals surface area contributed by atoms with Gasteiger partial charge in [0.15, 0.2) is 11.6 Å². The molecule has 0 spiro atoms. The molecule has 0 fully saturated rings. The summed E-state index contributed by atoms with van der Waals surface area (Å²) in [6.45, 7) is 2.71. The number of benzene rings is 2. The number of sulfonamides is 1. The maximum absolute atomic E-state index is 14.2. The van der Waals surface area contributed by atoms with Gasteiger partial charge in [-0.2, -0.15) is 4.98 Å². The molecule has 0 radical (unpaired) electrons. The first-order chi connectivity index (χ1) is 15.2. The minimum Gasteiger partial charge on any atom is -0.338 e. The van der Waals surface area contributed by atoms with Crippen LogP contribution < -0.4 is 26.4 Å². The Bertz CT molecular complexity index is 1200. The van der Waals surface area contributed by atoms with Gasteiger partial charge < -0.3 is 21.3 Å². The first-order valence-corrected chi connectivity index (χ1v) is 11.1. The third-order valence-corrected chi connectivity index (χ3v) is 5.08. The van der Waals surface area contributed by atoms with Crippen LogP contribution in [0.15, 0.2) is 59.6 Å². The van der Waals surface area contributed by atoms with Crippen molar-refractivity contribution in [3.8, 4) is 0 Å². The molecule has 0 saturated carbocycles. The number of anilines is 4. The zero-order chi connectivity index (χ0) is 23.1. The summed E-state index contributed by atoms with van der Waals surface area (Å²) in [5.41, 5.74) is 1.81. The van der Waals surface area contributed by atoms with Crippen molar-refractivity contribution in [2.24, 2.45) is 5.14 Å². The molecule has 2 aromatic carbocycles. The Morgan fingerprint density at radius 2 is 1.81 bits per heavy atom. The van der Waals surface area contributed by atoms with E-state index in [4.69, 9.17) is 5.14 Å². The summed E-state index contributed by atoms with van der Waals surface area (Å²) in [7, 11) is -3.87. The zero-order valence-electron chi connectivity index (χ0n) is 17.1. The fourth-order valence-corrected chi connectivity index (χ4v) is 3.20. The van der Waals surface area contributed by atoms with Gasteiger partial charge in [0, 0.05) is 24.5 Å². The Hall–Kier alpha value is -3.77. The van der Waals surface area contributed by atoms with E-state index in [1.807, 2.05) is 6.92 Å². The fraction of sp³-hybridized carbons (Fsp3) is 0.150. The van der Waals surface area contributed by atoms with E-state index in [0.29, 0.717) is 24.5 Å². The molecule has 1 aromatic heterocycles. The molecule has 0 saturated heterocycles. The number of aromatic nitrogens is 2. The van der Waals surface area contributed by atoms with Crippen molar-refractivity contribution in [3.63, 3.8) is 0 Å². The second-order valence-electron chi connectivity index (χ2n) is 6.62. The number of hydrogen-bond acceptors (Lipinski definition) is 7. The number of halogens is 1. The maximum Gasteiger partial charge on any atom is 0.315 e. The molecule has 0 aliphatic carbocycles. The van der Waals surface area contributed by atoms with Crippen LogP contribution >= 0.6 is 0 Å². The highest BCUT2D eigenvalue weighted by molar-refractivity contribution is 7.89. The summed E-state index contributed by atoms with van der Waals surface area (Å²) in [6.07, 6.45) is 0.992. The minimum absolute atomic E-state index is 0.0585. The van der Waals surface area contributed by atoms with Gasteiger partial charge in [0.25, 0.3) is 0 Å². The molecule has 0 bridgehead atoms. The predicted octanol–water partition coefficient (Wildman–Crippen LogP) is 2.57. The van der Waals surface area contributed by atoms with Gasteiger partial charge in [0.05, 0.1) is 11.1 Å². The SMILES string of the molecule is CCNC(=O)NCc1ccc(Nc2nc(Nc3cccc(S(N)(=O)=O)c3)ncc2F)cc1. The van der Waals surface area contributed by atoms with Gasteiger partial charge in [-0.25, -0.2) is 27.7 Å². The minimum atomic E-state index is -3.87. The number of carbonyl (C=O) groups is 1. The number of primary sulfonamides is 1. The highest BCUT2D eigenvalue weighted by atomic mass is 32.2. The standard InChI is InChI=1S/C20H22FN7O3S/c1-2-23-20(29)25-11-13-6-8-14(9-7-13)26-18-17(21)12-24-19(28-18)27-15-4-3-5-16(10-15)32(22,30)31/h3-10,12H,2,11H2,1H3,(H2,22,30,31)(H2,23,25,29)(H2,24,26,27,28). The number of carbonyl (C=O) groups excluding carboxylic acids is 1. The third-order valence-electron chi connectivity index (χ3n) is 4.17. The molecule has 2 amide bonds. The van der Waals surface area contributed by atoms with Gasteiger partial charge in [-0.15, -0.1) is 0 Å². The van der Waals surface area contributed by atoms with Crippen molar-refractivity contribution in [1.29, 1.82) is 0 Å².